The van der Waals surface area contributed by atoms with E-state index in [1.54, 1.807) is 0 Å². The van der Waals surface area contributed by atoms with Crippen LogP contribution in [0.4, 0.5) is 0 Å². The SMILES string of the molecule is CC/C=C\C/C=C\C/C=C\CCCCCCCC(=O)OC1C(OCC(COC(=O)CCCCCCCC/C=C\C/C=C\C/C=C\CCCCC)OC(=O)CCCCCCCCCCC)OC(C(=O)O)C(O)C1O. The lowest BCUT2D eigenvalue weighted by Gasteiger charge is -2.40. The molecule has 418 valence electrons. The molecule has 0 aromatic carbocycles. The van der Waals surface area contributed by atoms with E-state index in [0.29, 0.717) is 19.3 Å². The van der Waals surface area contributed by atoms with E-state index in [9.17, 15) is 34.5 Å². The van der Waals surface area contributed by atoms with E-state index in [1.807, 2.05) is 0 Å². The average Bonchev–Trinajstić information content (AvgIpc) is 3.37. The number of aliphatic hydroxyl groups excluding tert-OH is 2. The van der Waals surface area contributed by atoms with Crippen molar-refractivity contribution in [1.29, 1.82) is 0 Å². The Morgan fingerprint density at radius 3 is 1.34 bits per heavy atom. The van der Waals surface area contributed by atoms with Crippen molar-refractivity contribution >= 4 is 23.9 Å². The molecule has 0 amide bonds. The molecule has 0 spiro atoms. The summed E-state index contributed by atoms with van der Waals surface area (Å²) in [5.41, 5.74) is 0. The summed E-state index contributed by atoms with van der Waals surface area (Å²) in [4.78, 5) is 51.0. The molecule has 1 aliphatic rings. The molecule has 0 aliphatic carbocycles. The highest BCUT2D eigenvalue weighted by Gasteiger charge is 2.50. The van der Waals surface area contributed by atoms with Gasteiger partial charge in [-0.15, -0.1) is 0 Å². The fourth-order valence-electron chi connectivity index (χ4n) is 8.33. The van der Waals surface area contributed by atoms with Crippen molar-refractivity contribution in [3.05, 3.63) is 72.9 Å². The van der Waals surface area contributed by atoms with E-state index in [1.165, 1.54) is 57.8 Å². The van der Waals surface area contributed by atoms with Crippen molar-refractivity contribution in [2.24, 2.45) is 0 Å². The van der Waals surface area contributed by atoms with Crippen LogP contribution in [-0.4, -0.2) is 89.2 Å². The number of unbranched alkanes of at least 4 members (excludes halogenated alkanes) is 22. The Morgan fingerprint density at radius 1 is 0.466 bits per heavy atom. The van der Waals surface area contributed by atoms with E-state index in [2.05, 4.69) is 93.7 Å². The second-order valence-electron chi connectivity index (χ2n) is 19.5. The third-order valence-corrected chi connectivity index (χ3v) is 12.8. The van der Waals surface area contributed by atoms with Crippen LogP contribution in [0.1, 0.15) is 239 Å². The van der Waals surface area contributed by atoms with Gasteiger partial charge >= 0.3 is 23.9 Å². The van der Waals surface area contributed by atoms with Gasteiger partial charge in [-0.2, -0.15) is 0 Å². The number of aliphatic hydroxyl groups is 2. The van der Waals surface area contributed by atoms with Crippen LogP contribution in [0.2, 0.25) is 0 Å². The monoisotopic (exact) mass is 1030 g/mol. The molecule has 1 fully saturated rings. The van der Waals surface area contributed by atoms with Crippen molar-refractivity contribution in [3.63, 3.8) is 0 Å². The van der Waals surface area contributed by atoms with Crippen LogP contribution < -0.4 is 0 Å². The molecule has 1 heterocycles. The number of carbonyl (C=O) groups excluding carboxylic acids is 3. The first-order valence-electron chi connectivity index (χ1n) is 28.9. The standard InChI is InChI=1S/C61H102O12/c1-4-7-10-13-16-19-21-23-25-26-27-28-30-31-33-36-38-41-44-47-53(62)69-50-52(71-54(63)48-45-42-39-35-18-15-12-9-6-3)51-70-61-59(57(66)56(65)58(73-61)60(67)68)72-55(64)49-46-43-40-37-34-32-29-24-22-20-17-14-11-8-5-2/h8,11,16-17,19-20,23-25,27-29,52,56-59,61,65-66H,4-7,9-10,12-15,18,21-22,26,30-51H2,1-3H3,(H,67,68)/b11-8-,19-16-,20-17-,25-23-,28-27-,29-24-. The van der Waals surface area contributed by atoms with Crippen molar-refractivity contribution < 1.29 is 58.2 Å². The third kappa shape index (κ3) is 39.3. The van der Waals surface area contributed by atoms with Crippen molar-refractivity contribution in [1.82, 2.24) is 0 Å². The highest BCUT2D eigenvalue weighted by Crippen LogP contribution is 2.26. The van der Waals surface area contributed by atoms with E-state index in [-0.39, 0.29) is 25.9 Å². The lowest BCUT2D eigenvalue weighted by Crippen LogP contribution is -2.61. The lowest BCUT2D eigenvalue weighted by atomic mass is 9.98. The van der Waals surface area contributed by atoms with Gasteiger partial charge in [-0.3, -0.25) is 14.4 Å². The Morgan fingerprint density at radius 2 is 0.863 bits per heavy atom. The summed E-state index contributed by atoms with van der Waals surface area (Å²) in [5, 5.41) is 31.4. The first-order chi connectivity index (χ1) is 35.6. The first-order valence-corrected chi connectivity index (χ1v) is 28.9. The highest BCUT2D eigenvalue weighted by atomic mass is 16.7. The van der Waals surface area contributed by atoms with Gasteiger partial charge in [-0.05, 0) is 89.9 Å². The van der Waals surface area contributed by atoms with Crippen LogP contribution in [0.3, 0.4) is 0 Å². The number of aliphatic carboxylic acids is 1. The number of ether oxygens (including phenoxy) is 5. The van der Waals surface area contributed by atoms with Crippen LogP contribution >= 0.6 is 0 Å². The maximum Gasteiger partial charge on any atom is 0.335 e. The van der Waals surface area contributed by atoms with Crippen LogP contribution in [0.25, 0.3) is 0 Å². The van der Waals surface area contributed by atoms with Crippen molar-refractivity contribution in [3.8, 4) is 0 Å². The predicted molar refractivity (Wildman–Crippen MR) is 294 cm³/mol. The van der Waals surface area contributed by atoms with Crippen molar-refractivity contribution in [2.75, 3.05) is 13.2 Å². The van der Waals surface area contributed by atoms with Gasteiger partial charge in [0, 0.05) is 19.3 Å². The van der Waals surface area contributed by atoms with E-state index < -0.39 is 67.3 Å². The molecular formula is C61H102O12. The van der Waals surface area contributed by atoms with E-state index in [0.717, 1.165) is 122 Å². The zero-order valence-electron chi connectivity index (χ0n) is 45.9. The van der Waals surface area contributed by atoms with Gasteiger partial charge in [-0.1, -0.05) is 203 Å². The summed E-state index contributed by atoms with van der Waals surface area (Å²) in [6.45, 7) is 5.80. The van der Waals surface area contributed by atoms with Gasteiger partial charge < -0.3 is 39.0 Å². The van der Waals surface area contributed by atoms with Gasteiger partial charge in [0.05, 0.1) is 6.61 Å². The lowest BCUT2D eigenvalue weighted by molar-refractivity contribution is -0.301. The molecule has 73 heavy (non-hydrogen) atoms. The summed E-state index contributed by atoms with van der Waals surface area (Å²) in [7, 11) is 0. The Bertz CT molecular complexity index is 1550. The molecule has 0 bridgehead atoms. The normalized spacial score (nSPS) is 18.8. The Labute approximate surface area is 442 Å². The number of esters is 3. The molecule has 1 saturated heterocycles. The maximum atomic E-state index is 13.1. The second kappa shape index (κ2) is 49.1. The number of carboxylic acids is 1. The van der Waals surface area contributed by atoms with E-state index in [4.69, 9.17) is 23.7 Å². The summed E-state index contributed by atoms with van der Waals surface area (Å²) in [6, 6.07) is 0. The molecule has 6 atom stereocenters. The third-order valence-electron chi connectivity index (χ3n) is 12.8. The topological polar surface area (TPSA) is 175 Å². The molecule has 0 aromatic rings. The largest absolute Gasteiger partial charge is 0.479 e. The zero-order chi connectivity index (χ0) is 53.3. The molecule has 1 aliphatic heterocycles. The molecular weight excluding hydrogens is 925 g/mol. The molecule has 6 unspecified atom stereocenters. The quantitative estimate of drug-likeness (QED) is 0.0228. The van der Waals surface area contributed by atoms with Crippen LogP contribution in [-0.2, 0) is 42.9 Å². The summed E-state index contributed by atoms with van der Waals surface area (Å²) in [5.74, 6) is -3.16. The fourth-order valence-corrected chi connectivity index (χ4v) is 8.33. The number of carboxylic acid groups (broad SMARTS) is 1. The number of hydrogen-bond donors (Lipinski definition) is 3. The average molecular weight is 1030 g/mol. The number of hydrogen-bond acceptors (Lipinski definition) is 11. The Balaban J connectivity index is 2.66. The minimum absolute atomic E-state index is 0.0387. The molecule has 1 rings (SSSR count). The summed E-state index contributed by atoms with van der Waals surface area (Å²) >= 11 is 0. The minimum Gasteiger partial charge on any atom is -0.479 e. The molecule has 12 nitrogen and oxygen atoms in total. The van der Waals surface area contributed by atoms with Gasteiger partial charge in [0.2, 0.25) is 0 Å². The van der Waals surface area contributed by atoms with Gasteiger partial charge in [0.25, 0.3) is 0 Å². The fraction of sp³-hybridized carbons (Fsp3) is 0.738. The van der Waals surface area contributed by atoms with Gasteiger partial charge in [0.1, 0.15) is 18.8 Å². The number of allylic oxidation sites excluding steroid dienone is 12. The maximum absolute atomic E-state index is 13.1. The smallest absolute Gasteiger partial charge is 0.335 e. The molecule has 0 radical (unpaired) electrons. The summed E-state index contributed by atoms with van der Waals surface area (Å²) in [6.07, 6.45) is 48.8. The van der Waals surface area contributed by atoms with Gasteiger partial charge in [-0.25, -0.2) is 4.79 Å². The van der Waals surface area contributed by atoms with Crippen LogP contribution in [0.15, 0.2) is 72.9 Å². The van der Waals surface area contributed by atoms with Gasteiger partial charge in [0.15, 0.2) is 24.6 Å². The predicted octanol–water partition coefficient (Wildman–Crippen LogP) is 14.6. The minimum atomic E-state index is -1.91. The highest BCUT2D eigenvalue weighted by molar-refractivity contribution is 5.74. The Kier molecular flexibility index (Phi) is 45.1. The van der Waals surface area contributed by atoms with Crippen molar-refractivity contribution in [2.45, 2.75) is 276 Å². The first kappa shape index (κ1) is 67.2. The molecule has 0 saturated carbocycles. The van der Waals surface area contributed by atoms with Crippen LogP contribution in [0, 0.1) is 0 Å². The van der Waals surface area contributed by atoms with E-state index >= 15 is 0 Å². The number of carbonyl (C=O) groups is 4. The van der Waals surface area contributed by atoms with Crippen LogP contribution in [0.5, 0.6) is 0 Å². The second-order valence-corrected chi connectivity index (χ2v) is 19.5. The zero-order valence-corrected chi connectivity index (χ0v) is 45.9. The summed E-state index contributed by atoms with van der Waals surface area (Å²) < 4.78 is 28.3. The number of rotatable bonds is 48. The molecule has 3 N–H and O–H groups in total. The Hall–Kier alpha value is -3.84. The molecule has 0 aromatic heterocycles. The molecule has 12 heteroatoms.